The zero-order chi connectivity index (χ0) is 12.7. The van der Waals surface area contributed by atoms with Crippen LogP contribution in [0.3, 0.4) is 0 Å². The Balaban J connectivity index is 2.23. The van der Waals surface area contributed by atoms with E-state index >= 15 is 0 Å². The first-order chi connectivity index (χ1) is 8.65. The van der Waals surface area contributed by atoms with E-state index in [4.69, 9.17) is 0 Å². The Kier molecular flexibility index (Phi) is 2.99. The summed E-state index contributed by atoms with van der Waals surface area (Å²) in [4.78, 5) is 7.98. The molecule has 2 aromatic carbocycles. The van der Waals surface area contributed by atoms with Crippen LogP contribution in [0.2, 0.25) is 0 Å². The van der Waals surface area contributed by atoms with Gasteiger partial charge in [-0.1, -0.05) is 28.1 Å². The number of H-pyrrole nitrogens is 1. The predicted octanol–water partition coefficient (Wildman–Crippen LogP) is 5.06. The molecule has 0 radical (unpaired) electrons. The highest BCUT2D eigenvalue weighted by molar-refractivity contribution is 9.11. The quantitative estimate of drug-likeness (QED) is 0.641. The molecule has 0 aliphatic rings. The SMILES string of the molecule is Cc1ccc(-c2nc3c(Br)cccc3[nH]2)c(Br)c1. The molecule has 3 aromatic rings. The molecule has 0 fully saturated rings. The zero-order valence-electron chi connectivity index (χ0n) is 9.67. The third-order valence-electron chi connectivity index (χ3n) is 2.84. The first-order valence-corrected chi connectivity index (χ1v) is 7.14. The number of fused-ring (bicyclic) bond motifs is 1. The maximum atomic E-state index is 4.64. The van der Waals surface area contributed by atoms with Gasteiger partial charge in [-0.25, -0.2) is 4.98 Å². The van der Waals surface area contributed by atoms with Crippen LogP contribution in [0.25, 0.3) is 22.4 Å². The Bertz CT molecular complexity index is 732. The molecule has 0 aliphatic heterocycles. The lowest BCUT2D eigenvalue weighted by Crippen LogP contribution is -1.83. The van der Waals surface area contributed by atoms with Crippen molar-refractivity contribution in [1.82, 2.24) is 9.97 Å². The number of para-hydroxylation sites is 1. The minimum atomic E-state index is 0.878. The van der Waals surface area contributed by atoms with Gasteiger partial charge < -0.3 is 4.98 Å². The van der Waals surface area contributed by atoms with E-state index in [1.807, 2.05) is 18.2 Å². The summed E-state index contributed by atoms with van der Waals surface area (Å²) in [6, 6.07) is 12.3. The number of halogens is 2. The summed E-state index contributed by atoms with van der Waals surface area (Å²) in [5, 5.41) is 0. The zero-order valence-corrected chi connectivity index (χ0v) is 12.8. The highest BCUT2D eigenvalue weighted by Gasteiger charge is 2.10. The van der Waals surface area contributed by atoms with E-state index in [-0.39, 0.29) is 0 Å². The van der Waals surface area contributed by atoms with Gasteiger partial charge in [0, 0.05) is 14.5 Å². The second-order valence-electron chi connectivity index (χ2n) is 4.20. The Hall–Kier alpha value is -1.13. The summed E-state index contributed by atoms with van der Waals surface area (Å²) in [6.07, 6.45) is 0. The van der Waals surface area contributed by atoms with E-state index in [2.05, 4.69) is 67.0 Å². The summed E-state index contributed by atoms with van der Waals surface area (Å²) >= 11 is 7.11. The number of imidazole rings is 1. The number of rotatable bonds is 1. The molecule has 90 valence electrons. The summed E-state index contributed by atoms with van der Waals surface area (Å²) in [5.74, 6) is 0.878. The minimum absolute atomic E-state index is 0.878. The van der Waals surface area contributed by atoms with Crippen LogP contribution in [0.5, 0.6) is 0 Å². The molecule has 0 atom stereocenters. The molecule has 1 N–H and O–H groups in total. The normalized spacial score (nSPS) is 11.1. The van der Waals surface area contributed by atoms with E-state index in [9.17, 15) is 0 Å². The lowest BCUT2D eigenvalue weighted by molar-refractivity contribution is 1.32. The van der Waals surface area contributed by atoms with Gasteiger partial charge >= 0.3 is 0 Å². The lowest BCUT2D eigenvalue weighted by atomic mass is 10.1. The van der Waals surface area contributed by atoms with E-state index in [0.717, 1.165) is 31.4 Å². The molecule has 3 rings (SSSR count). The number of aromatic nitrogens is 2. The van der Waals surface area contributed by atoms with Crippen LogP contribution in [0.1, 0.15) is 5.56 Å². The molecule has 0 unspecified atom stereocenters. The van der Waals surface area contributed by atoms with E-state index in [0.29, 0.717) is 0 Å². The van der Waals surface area contributed by atoms with Crippen LogP contribution in [-0.2, 0) is 0 Å². The highest BCUT2D eigenvalue weighted by Crippen LogP contribution is 2.30. The van der Waals surface area contributed by atoms with Crippen molar-refractivity contribution in [2.45, 2.75) is 6.92 Å². The average Bonchev–Trinajstić information content (AvgIpc) is 2.74. The summed E-state index contributed by atoms with van der Waals surface area (Å²) in [6.45, 7) is 2.07. The minimum Gasteiger partial charge on any atom is -0.338 e. The highest BCUT2D eigenvalue weighted by atomic mass is 79.9. The summed E-state index contributed by atoms with van der Waals surface area (Å²) in [5.41, 5.74) is 4.29. The molecule has 1 heterocycles. The second kappa shape index (κ2) is 4.52. The van der Waals surface area contributed by atoms with Gasteiger partial charge in [0.25, 0.3) is 0 Å². The fraction of sp³-hybridized carbons (Fsp3) is 0.0714. The van der Waals surface area contributed by atoms with Crippen molar-refractivity contribution in [2.24, 2.45) is 0 Å². The molecular formula is C14H10Br2N2. The Morgan fingerprint density at radius 2 is 1.89 bits per heavy atom. The summed E-state index contributed by atoms with van der Waals surface area (Å²) in [7, 11) is 0. The van der Waals surface area contributed by atoms with E-state index in [1.54, 1.807) is 0 Å². The van der Waals surface area contributed by atoms with Gasteiger partial charge in [-0.15, -0.1) is 0 Å². The third kappa shape index (κ3) is 1.99. The molecular weight excluding hydrogens is 356 g/mol. The lowest BCUT2D eigenvalue weighted by Gasteiger charge is -2.01. The fourth-order valence-corrected chi connectivity index (χ4v) is 3.07. The van der Waals surface area contributed by atoms with Crippen LogP contribution < -0.4 is 0 Å². The smallest absolute Gasteiger partial charge is 0.139 e. The first-order valence-electron chi connectivity index (χ1n) is 5.56. The van der Waals surface area contributed by atoms with Gasteiger partial charge in [0.2, 0.25) is 0 Å². The van der Waals surface area contributed by atoms with E-state index in [1.165, 1.54) is 5.56 Å². The Labute approximate surface area is 122 Å². The number of nitrogens with zero attached hydrogens (tertiary/aromatic N) is 1. The molecule has 0 aliphatic carbocycles. The largest absolute Gasteiger partial charge is 0.338 e. The number of nitrogens with one attached hydrogen (secondary N) is 1. The van der Waals surface area contributed by atoms with Crippen molar-refractivity contribution < 1.29 is 0 Å². The topological polar surface area (TPSA) is 28.7 Å². The monoisotopic (exact) mass is 364 g/mol. The van der Waals surface area contributed by atoms with Gasteiger partial charge in [0.15, 0.2) is 0 Å². The molecule has 2 nitrogen and oxygen atoms in total. The van der Waals surface area contributed by atoms with Gasteiger partial charge in [-0.3, -0.25) is 0 Å². The molecule has 18 heavy (non-hydrogen) atoms. The standard InChI is InChI=1S/C14H10Br2N2/c1-8-5-6-9(11(16)7-8)14-17-12-4-2-3-10(15)13(12)18-14/h2-7H,1H3,(H,17,18). The Morgan fingerprint density at radius 1 is 1.06 bits per heavy atom. The van der Waals surface area contributed by atoms with Gasteiger partial charge in [-0.2, -0.15) is 0 Å². The molecule has 0 bridgehead atoms. The third-order valence-corrected chi connectivity index (χ3v) is 4.14. The van der Waals surface area contributed by atoms with Crippen molar-refractivity contribution >= 4 is 42.9 Å². The maximum absolute atomic E-state index is 4.64. The molecule has 0 spiro atoms. The van der Waals surface area contributed by atoms with Gasteiger partial charge in [0.05, 0.1) is 5.52 Å². The average molecular weight is 366 g/mol. The molecule has 4 heteroatoms. The number of aryl methyl sites for hydroxylation is 1. The number of aromatic amines is 1. The van der Waals surface area contributed by atoms with Crippen LogP contribution >= 0.6 is 31.9 Å². The van der Waals surface area contributed by atoms with Crippen molar-refractivity contribution in [3.05, 3.63) is 50.9 Å². The molecule has 0 saturated carbocycles. The van der Waals surface area contributed by atoms with Crippen molar-refractivity contribution in [3.8, 4) is 11.4 Å². The summed E-state index contributed by atoms with van der Waals surface area (Å²) < 4.78 is 2.06. The van der Waals surface area contributed by atoms with Gasteiger partial charge in [-0.05, 0) is 52.7 Å². The Morgan fingerprint density at radius 3 is 2.61 bits per heavy atom. The molecule has 1 aromatic heterocycles. The van der Waals surface area contributed by atoms with Crippen molar-refractivity contribution in [2.75, 3.05) is 0 Å². The fourth-order valence-electron chi connectivity index (χ4n) is 1.94. The van der Waals surface area contributed by atoms with Crippen LogP contribution in [-0.4, -0.2) is 9.97 Å². The first kappa shape index (κ1) is 11.9. The van der Waals surface area contributed by atoms with Crippen LogP contribution in [0, 0.1) is 6.92 Å². The molecule has 0 saturated heterocycles. The predicted molar refractivity (Wildman–Crippen MR) is 81.7 cm³/mol. The number of hydrogen-bond donors (Lipinski definition) is 1. The van der Waals surface area contributed by atoms with Crippen molar-refractivity contribution in [1.29, 1.82) is 0 Å². The number of benzene rings is 2. The second-order valence-corrected chi connectivity index (χ2v) is 5.91. The number of hydrogen-bond acceptors (Lipinski definition) is 1. The maximum Gasteiger partial charge on any atom is 0.139 e. The molecule has 0 amide bonds. The van der Waals surface area contributed by atoms with Crippen LogP contribution in [0.15, 0.2) is 45.3 Å². The van der Waals surface area contributed by atoms with Crippen LogP contribution in [0.4, 0.5) is 0 Å². The van der Waals surface area contributed by atoms with E-state index < -0.39 is 0 Å². The van der Waals surface area contributed by atoms with Gasteiger partial charge in [0.1, 0.15) is 11.3 Å². The van der Waals surface area contributed by atoms with Crippen molar-refractivity contribution in [3.63, 3.8) is 0 Å².